The first-order valence-corrected chi connectivity index (χ1v) is 6.34. The van der Waals surface area contributed by atoms with E-state index >= 15 is 0 Å². The van der Waals surface area contributed by atoms with Gasteiger partial charge in [0.2, 0.25) is 0 Å². The molecule has 2 aromatic rings. The maximum absolute atomic E-state index is 12.7. The third kappa shape index (κ3) is 2.82. The number of benzene rings is 1. The molecule has 0 spiro atoms. The van der Waals surface area contributed by atoms with Crippen LogP contribution in [0.15, 0.2) is 30.6 Å². The van der Waals surface area contributed by atoms with Crippen LogP contribution >= 0.6 is 0 Å². The Morgan fingerprint density at radius 3 is 2.80 bits per heavy atom. The summed E-state index contributed by atoms with van der Waals surface area (Å²) in [4.78, 5) is 4.09. The molecule has 1 heterocycles. The first-order chi connectivity index (χ1) is 9.54. The van der Waals surface area contributed by atoms with Crippen molar-refractivity contribution in [1.82, 2.24) is 20.1 Å². The van der Waals surface area contributed by atoms with E-state index in [9.17, 15) is 13.2 Å². The Morgan fingerprint density at radius 2 is 2.10 bits per heavy atom. The Labute approximate surface area is 113 Å². The number of nitrogens with zero attached hydrogens (tertiary/aromatic N) is 3. The van der Waals surface area contributed by atoms with Gasteiger partial charge >= 0.3 is 6.18 Å². The van der Waals surface area contributed by atoms with Gasteiger partial charge in [-0.25, -0.2) is 9.67 Å². The highest BCUT2D eigenvalue weighted by atomic mass is 19.4. The molecule has 0 saturated heterocycles. The molecule has 1 aromatic heterocycles. The highest BCUT2D eigenvalue weighted by molar-refractivity contribution is 5.36. The van der Waals surface area contributed by atoms with Crippen molar-refractivity contribution < 1.29 is 13.2 Å². The summed E-state index contributed by atoms with van der Waals surface area (Å²) in [5, 5.41) is 7.27. The largest absolute Gasteiger partial charge is 0.416 e. The summed E-state index contributed by atoms with van der Waals surface area (Å²) in [7, 11) is 0. The molecule has 1 aliphatic carbocycles. The number of hydrogen-bond donors (Lipinski definition) is 1. The minimum atomic E-state index is -4.36. The molecule has 0 atom stereocenters. The zero-order valence-corrected chi connectivity index (χ0v) is 10.6. The quantitative estimate of drug-likeness (QED) is 0.937. The van der Waals surface area contributed by atoms with Crippen LogP contribution < -0.4 is 5.32 Å². The highest BCUT2D eigenvalue weighted by Gasteiger charge is 2.30. The van der Waals surface area contributed by atoms with Crippen molar-refractivity contribution in [2.45, 2.75) is 31.6 Å². The van der Waals surface area contributed by atoms with Gasteiger partial charge in [-0.15, -0.1) is 0 Å². The predicted octanol–water partition coefficient (Wildman–Crippen LogP) is 2.54. The summed E-state index contributed by atoms with van der Waals surface area (Å²) in [6.07, 6.45) is -0.734. The van der Waals surface area contributed by atoms with E-state index in [2.05, 4.69) is 15.4 Å². The van der Waals surface area contributed by atoms with Crippen LogP contribution in [0.1, 0.15) is 24.2 Å². The van der Waals surface area contributed by atoms with Gasteiger partial charge in [0.25, 0.3) is 0 Å². The number of alkyl halides is 3. The van der Waals surface area contributed by atoms with Crippen molar-refractivity contribution in [1.29, 1.82) is 0 Å². The van der Waals surface area contributed by atoms with Crippen LogP contribution in [0.5, 0.6) is 0 Å². The van der Waals surface area contributed by atoms with Crippen LogP contribution in [-0.2, 0) is 12.7 Å². The van der Waals surface area contributed by atoms with Crippen LogP contribution in [0.2, 0.25) is 0 Å². The summed E-state index contributed by atoms with van der Waals surface area (Å²) in [5.41, 5.74) is -0.323. The van der Waals surface area contributed by atoms with E-state index in [4.69, 9.17) is 0 Å². The van der Waals surface area contributed by atoms with Crippen molar-refractivity contribution in [3.8, 4) is 5.69 Å². The second-order valence-electron chi connectivity index (χ2n) is 4.79. The molecule has 1 N–H and O–H groups in total. The van der Waals surface area contributed by atoms with Crippen molar-refractivity contribution in [2.24, 2.45) is 0 Å². The zero-order chi connectivity index (χ0) is 14.2. The minimum absolute atomic E-state index is 0.366. The van der Waals surface area contributed by atoms with Gasteiger partial charge in [0.1, 0.15) is 12.2 Å². The fourth-order valence-corrected chi connectivity index (χ4v) is 1.94. The molecule has 4 nitrogen and oxygen atoms in total. The van der Waals surface area contributed by atoms with Gasteiger partial charge in [-0.05, 0) is 31.0 Å². The van der Waals surface area contributed by atoms with Crippen LogP contribution in [0.4, 0.5) is 13.2 Å². The summed E-state index contributed by atoms with van der Waals surface area (Å²) in [5.74, 6) is 0.608. The topological polar surface area (TPSA) is 42.7 Å². The first-order valence-electron chi connectivity index (χ1n) is 6.34. The van der Waals surface area contributed by atoms with Crippen molar-refractivity contribution in [3.63, 3.8) is 0 Å². The van der Waals surface area contributed by atoms with Crippen molar-refractivity contribution in [2.75, 3.05) is 0 Å². The van der Waals surface area contributed by atoms with E-state index in [1.54, 1.807) is 6.07 Å². The molecular formula is C13H13F3N4. The lowest BCUT2D eigenvalue weighted by Crippen LogP contribution is -2.19. The lowest BCUT2D eigenvalue weighted by Gasteiger charge is -2.10. The molecule has 3 rings (SSSR count). The number of rotatable bonds is 4. The summed E-state index contributed by atoms with van der Waals surface area (Å²) in [6.45, 7) is 0.501. The Hall–Kier alpha value is -1.89. The van der Waals surface area contributed by atoms with Gasteiger partial charge in [-0.3, -0.25) is 0 Å². The Balaban J connectivity index is 1.86. The zero-order valence-electron chi connectivity index (χ0n) is 10.6. The summed E-state index contributed by atoms with van der Waals surface area (Å²) < 4.78 is 39.6. The lowest BCUT2D eigenvalue weighted by atomic mass is 10.2. The maximum Gasteiger partial charge on any atom is 0.416 e. The maximum atomic E-state index is 12.7. The van der Waals surface area contributed by atoms with E-state index in [1.807, 2.05) is 0 Å². The number of hydrogen-bond acceptors (Lipinski definition) is 3. The van der Waals surface area contributed by atoms with Crippen molar-refractivity contribution >= 4 is 0 Å². The van der Waals surface area contributed by atoms with E-state index in [0.29, 0.717) is 24.1 Å². The predicted molar refractivity (Wildman–Crippen MR) is 66.2 cm³/mol. The summed E-state index contributed by atoms with van der Waals surface area (Å²) >= 11 is 0. The monoisotopic (exact) mass is 282 g/mol. The number of halogens is 3. The average Bonchev–Trinajstić information content (AvgIpc) is 3.12. The first kappa shape index (κ1) is 13.1. The van der Waals surface area contributed by atoms with Crippen LogP contribution in [0.3, 0.4) is 0 Å². The smallest absolute Gasteiger partial charge is 0.307 e. The molecule has 0 unspecified atom stereocenters. The average molecular weight is 282 g/mol. The third-order valence-corrected chi connectivity index (χ3v) is 3.16. The fraction of sp³-hybridized carbons (Fsp3) is 0.385. The fourth-order valence-electron chi connectivity index (χ4n) is 1.94. The molecular weight excluding hydrogens is 269 g/mol. The molecule has 0 aliphatic heterocycles. The van der Waals surface area contributed by atoms with Gasteiger partial charge in [0.05, 0.1) is 17.8 Å². The van der Waals surface area contributed by atoms with Gasteiger partial charge in [-0.2, -0.15) is 18.3 Å². The van der Waals surface area contributed by atoms with E-state index < -0.39 is 11.7 Å². The van der Waals surface area contributed by atoms with E-state index in [1.165, 1.54) is 17.1 Å². The lowest BCUT2D eigenvalue weighted by molar-refractivity contribution is -0.137. The van der Waals surface area contributed by atoms with E-state index in [0.717, 1.165) is 25.0 Å². The highest BCUT2D eigenvalue weighted by Crippen LogP contribution is 2.30. The molecule has 0 amide bonds. The minimum Gasteiger partial charge on any atom is -0.307 e. The normalized spacial score (nSPS) is 15.6. The van der Waals surface area contributed by atoms with Gasteiger partial charge in [0.15, 0.2) is 0 Å². The number of nitrogens with one attached hydrogen (secondary N) is 1. The molecule has 1 aromatic carbocycles. The standard InChI is InChI=1S/C13H13F3N4/c14-13(15,16)9-2-1-3-11(6-9)20-12(18-8-19-20)7-17-10-4-5-10/h1-3,6,8,10,17H,4-5,7H2. The molecule has 106 valence electrons. The van der Waals surface area contributed by atoms with Crippen LogP contribution in [-0.4, -0.2) is 20.8 Å². The Kier molecular flexibility index (Phi) is 3.21. The summed E-state index contributed by atoms with van der Waals surface area (Å²) in [6, 6.07) is 5.59. The van der Waals surface area contributed by atoms with E-state index in [-0.39, 0.29) is 0 Å². The molecule has 0 radical (unpaired) electrons. The molecule has 7 heteroatoms. The Bertz CT molecular complexity index is 602. The molecule has 1 fully saturated rings. The van der Waals surface area contributed by atoms with Gasteiger partial charge in [0, 0.05) is 6.04 Å². The van der Waals surface area contributed by atoms with Gasteiger partial charge in [-0.1, -0.05) is 6.07 Å². The molecule has 0 bridgehead atoms. The molecule has 20 heavy (non-hydrogen) atoms. The second kappa shape index (κ2) is 4.90. The second-order valence-corrected chi connectivity index (χ2v) is 4.79. The third-order valence-electron chi connectivity index (χ3n) is 3.16. The molecule has 1 saturated carbocycles. The SMILES string of the molecule is FC(F)(F)c1cccc(-n2ncnc2CNC2CC2)c1. The van der Waals surface area contributed by atoms with Crippen molar-refractivity contribution in [3.05, 3.63) is 42.0 Å². The Morgan fingerprint density at radius 1 is 1.30 bits per heavy atom. The molecule has 1 aliphatic rings. The van der Waals surface area contributed by atoms with Crippen LogP contribution in [0.25, 0.3) is 5.69 Å². The number of aromatic nitrogens is 3. The van der Waals surface area contributed by atoms with Gasteiger partial charge < -0.3 is 5.32 Å². The van der Waals surface area contributed by atoms with Crippen LogP contribution in [0, 0.1) is 0 Å².